The summed E-state index contributed by atoms with van der Waals surface area (Å²) in [5.41, 5.74) is 0. The Labute approximate surface area is 119 Å². The van der Waals surface area contributed by atoms with Gasteiger partial charge in [0.15, 0.2) is 0 Å². The van der Waals surface area contributed by atoms with E-state index in [4.69, 9.17) is 20.2 Å². The van der Waals surface area contributed by atoms with E-state index in [1.807, 2.05) is 0 Å². The molecule has 0 spiro atoms. The van der Waals surface area contributed by atoms with E-state index in [9.17, 15) is 8.42 Å². The second kappa shape index (κ2) is 5.77. The highest BCUT2D eigenvalue weighted by Crippen LogP contribution is 2.30. The van der Waals surface area contributed by atoms with Crippen LogP contribution in [0.4, 0.5) is 0 Å². The maximum atomic E-state index is 11.2. The minimum Gasteiger partial charge on any atom is -0.489 e. The zero-order valence-electron chi connectivity index (χ0n) is 9.43. The summed E-state index contributed by atoms with van der Waals surface area (Å²) >= 11 is 3.29. The van der Waals surface area contributed by atoms with Gasteiger partial charge in [0.1, 0.15) is 11.9 Å². The molecule has 0 aromatic heterocycles. The third kappa shape index (κ3) is 3.60. The monoisotopic (exact) mass is 354 g/mol. The van der Waals surface area contributed by atoms with E-state index in [1.165, 1.54) is 12.1 Å². The van der Waals surface area contributed by atoms with Crippen LogP contribution in [-0.4, -0.2) is 27.7 Å². The van der Waals surface area contributed by atoms with Crippen molar-refractivity contribution in [2.24, 2.45) is 0 Å². The summed E-state index contributed by atoms with van der Waals surface area (Å²) in [6.45, 7) is 1.38. The maximum absolute atomic E-state index is 11.2. The van der Waals surface area contributed by atoms with Gasteiger partial charge in [0.05, 0.1) is 22.6 Å². The van der Waals surface area contributed by atoms with Crippen LogP contribution in [0.15, 0.2) is 27.6 Å². The summed E-state index contributed by atoms with van der Waals surface area (Å²) in [5, 5.41) is 0. The van der Waals surface area contributed by atoms with Crippen molar-refractivity contribution in [1.29, 1.82) is 0 Å². The lowest BCUT2D eigenvalue weighted by Crippen LogP contribution is -2.26. The molecule has 0 bridgehead atoms. The Bertz CT molecular complexity index is 526. The Morgan fingerprint density at radius 1 is 1.33 bits per heavy atom. The number of benzene rings is 1. The average molecular weight is 356 g/mol. The van der Waals surface area contributed by atoms with Crippen LogP contribution in [-0.2, 0) is 13.8 Å². The number of hydrogen-bond acceptors (Lipinski definition) is 4. The van der Waals surface area contributed by atoms with Crippen LogP contribution in [0.2, 0.25) is 0 Å². The highest BCUT2D eigenvalue weighted by atomic mass is 79.9. The summed E-state index contributed by atoms with van der Waals surface area (Å²) in [6.07, 6.45) is 1.78. The largest absolute Gasteiger partial charge is 0.489 e. The highest BCUT2D eigenvalue weighted by molar-refractivity contribution is 9.10. The molecule has 0 amide bonds. The normalized spacial score (nSPS) is 17.7. The Morgan fingerprint density at radius 3 is 2.56 bits per heavy atom. The Kier molecular flexibility index (Phi) is 4.53. The standard InChI is InChI=1S/C11H12BrClO4S/c12-10-7-9(18(13,14)15)1-2-11(10)17-8-3-5-16-6-4-8/h1-2,7-8H,3-6H2. The SMILES string of the molecule is O=S(=O)(Cl)c1ccc(OC2CCOCC2)c(Br)c1. The molecule has 0 N–H and O–H groups in total. The van der Waals surface area contributed by atoms with Crippen molar-refractivity contribution in [3.63, 3.8) is 0 Å². The van der Waals surface area contributed by atoms with Gasteiger partial charge in [0.2, 0.25) is 0 Å². The predicted octanol–water partition coefficient (Wildman–Crippen LogP) is 2.93. The van der Waals surface area contributed by atoms with Gasteiger partial charge >= 0.3 is 0 Å². The zero-order valence-corrected chi connectivity index (χ0v) is 12.6. The molecule has 0 saturated carbocycles. The van der Waals surface area contributed by atoms with Crippen LogP contribution in [0.5, 0.6) is 5.75 Å². The predicted molar refractivity (Wildman–Crippen MR) is 71.6 cm³/mol. The smallest absolute Gasteiger partial charge is 0.261 e. The van der Waals surface area contributed by atoms with Crippen molar-refractivity contribution >= 4 is 35.7 Å². The Morgan fingerprint density at radius 2 is 2.00 bits per heavy atom. The molecule has 7 heteroatoms. The van der Waals surface area contributed by atoms with Gasteiger partial charge in [-0.05, 0) is 34.1 Å². The van der Waals surface area contributed by atoms with Crippen LogP contribution in [0.3, 0.4) is 0 Å². The summed E-state index contributed by atoms with van der Waals surface area (Å²) < 4.78 is 34.0. The van der Waals surface area contributed by atoms with E-state index in [0.717, 1.165) is 12.8 Å². The van der Waals surface area contributed by atoms with Crippen LogP contribution in [0.25, 0.3) is 0 Å². The third-order valence-corrected chi connectivity index (χ3v) is 4.62. The molecule has 1 aliphatic rings. The van der Waals surface area contributed by atoms with E-state index in [2.05, 4.69) is 15.9 Å². The minimum atomic E-state index is -3.71. The van der Waals surface area contributed by atoms with E-state index in [1.54, 1.807) is 6.07 Å². The van der Waals surface area contributed by atoms with Crippen molar-refractivity contribution in [3.05, 3.63) is 22.7 Å². The summed E-state index contributed by atoms with van der Waals surface area (Å²) in [6, 6.07) is 4.48. The molecule has 0 aliphatic carbocycles. The minimum absolute atomic E-state index is 0.0513. The van der Waals surface area contributed by atoms with Gasteiger partial charge in [-0.3, -0.25) is 0 Å². The van der Waals surface area contributed by atoms with E-state index in [0.29, 0.717) is 23.4 Å². The lowest BCUT2D eigenvalue weighted by Gasteiger charge is -2.23. The van der Waals surface area contributed by atoms with Crippen LogP contribution in [0.1, 0.15) is 12.8 Å². The molecule has 1 saturated heterocycles. The number of hydrogen-bond donors (Lipinski definition) is 0. The molecule has 0 radical (unpaired) electrons. The summed E-state index contributed by atoms with van der Waals surface area (Å²) in [4.78, 5) is 0.0513. The Hall–Kier alpha value is -0.300. The van der Waals surface area contributed by atoms with Gasteiger partial charge in [-0.25, -0.2) is 8.42 Å². The molecular weight excluding hydrogens is 344 g/mol. The highest BCUT2D eigenvalue weighted by Gasteiger charge is 2.18. The molecule has 18 heavy (non-hydrogen) atoms. The lowest BCUT2D eigenvalue weighted by molar-refractivity contribution is 0.0252. The van der Waals surface area contributed by atoms with Gasteiger partial charge in [-0.15, -0.1) is 0 Å². The molecule has 1 aliphatic heterocycles. The van der Waals surface area contributed by atoms with Crippen molar-refractivity contribution in [3.8, 4) is 5.75 Å². The molecule has 0 unspecified atom stereocenters. The summed E-state index contributed by atoms with van der Waals surface area (Å²) in [7, 11) is 1.56. The third-order valence-electron chi connectivity index (χ3n) is 2.65. The number of ether oxygens (including phenoxy) is 2. The fourth-order valence-corrected chi connectivity index (χ4v) is 3.10. The quantitative estimate of drug-likeness (QED) is 0.782. The summed E-state index contributed by atoms with van der Waals surface area (Å²) in [5.74, 6) is 0.617. The lowest BCUT2D eigenvalue weighted by atomic mass is 10.1. The Balaban J connectivity index is 2.14. The van der Waals surface area contributed by atoms with E-state index >= 15 is 0 Å². The number of rotatable bonds is 3. The van der Waals surface area contributed by atoms with Gasteiger partial charge in [-0.2, -0.15) is 0 Å². The van der Waals surface area contributed by atoms with Gasteiger partial charge < -0.3 is 9.47 Å². The second-order valence-corrected chi connectivity index (χ2v) is 7.38. The molecule has 0 atom stereocenters. The second-order valence-electron chi connectivity index (χ2n) is 3.96. The first-order valence-corrected chi connectivity index (χ1v) is 8.55. The first-order chi connectivity index (χ1) is 8.47. The van der Waals surface area contributed by atoms with Crippen molar-refractivity contribution < 1.29 is 17.9 Å². The van der Waals surface area contributed by atoms with Crippen molar-refractivity contribution in [1.82, 2.24) is 0 Å². The zero-order chi connectivity index (χ0) is 13.2. The molecule has 2 rings (SSSR count). The molecular formula is C11H12BrClO4S. The first-order valence-electron chi connectivity index (χ1n) is 5.45. The first kappa shape index (κ1) is 14.1. The van der Waals surface area contributed by atoms with Crippen LogP contribution >= 0.6 is 26.6 Å². The van der Waals surface area contributed by atoms with Crippen molar-refractivity contribution in [2.75, 3.05) is 13.2 Å². The topological polar surface area (TPSA) is 52.6 Å². The van der Waals surface area contributed by atoms with Gasteiger partial charge in [0, 0.05) is 23.5 Å². The molecule has 100 valence electrons. The fourth-order valence-electron chi connectivity index (χ4n) is 1.70. The maximum Gasteiger partial charge on any atom is 0.261 e. The molecule has 1 aromatic carbocycles. The molecule has 1 heterocycles. The van der Waals surface area contributed by atoms with E-state index in [-0.39, 0.29) is 11.0 Å². The molecule has 1 aromatic rings. The number of halogens is 2. The van der Waals surface area contributed by atoms with Crippen molar-refractivity contribution in [2.45, 2.75) is 23.8 Å². The van der Waals surface area contributed by atoms with Crippen LogP contribution in [0, 0.1) is 0 Å². The van der Waals surface area contributed by atoms with Crippen LogP contribution < -0.4 is 4.74 Å². The van der Waals surface area contributed by atoms with Gasteiger partial charge in [-0.1, -0.05) is 0 Å². The fraction of sp³-hybridized carbons (Fsp3) is 0.455. The molecule has 4 nitrogen and oxygen atoms in total. The van der Waals surface area contributed by atoms with Gasteiger partial charge in [0.25, 0.3) is 9.05 Å². The molecule has 1 fully saturated rings. The van der Waals surface area contributed by atoms with E-state index < -0.39 is 9.05 Å². The average Bonchev–Trinajstić information content (AvgIpc) is 2.32.